The minimum Gasteiger partial charge on any atom is -0.340 e. The van der Waals surface area contributed by atoms with Crippen LogP contribution in [-0.4, -0.2) is 9.13 Å². The molecule has 0 N–H and O–H groups in total. The molecule has 7 rings (SSSR count). The van der Waals surface area contributed by atoms with Gasteiger partial charge < -0.3 is 9.13 Å². The molecule has 6 bridgehead atoms. The van der Waals surface area contributed by atoms with Crippen LogP contribution in [0.5, 0.6) is 0 Å². The molecule has 0 fully saturated rings. The smallest absolute Gasteiger partial charge is 0.197 e. The van der Waals surface area contributed by atoms with E-state index >= 15 is 0 Å². The fourth-order valence-corrected chi connectivity index (χ4v) is 6.17. The molecule has 4 nitrogen and oxygen atoms in total. The normalized spacial score (nSPS) is 16.3. The Labute approximate surface area is 211 Å². The van der Waals surface area contributed by atoms with Crippen molar-refractivity contribution in [1.29, 1.82) is 0 Å². The summed E-state index contributed by atoms with van der Waals surface area (Å²) >= 11 is 0. The van der Waals surface area contributed by atoms with Crippen molar-refractivity contribution in [2.24, 2.45) is 0 Å². The molecule has 0 amide bonds. The van der Waals surface area contributed by atoms with Crippen LogP contribution in [0.2, 0.25) is 0 Å². The lowest BCUT2D eigenvalue weighted by Gasteiger charge is -2.19. The predicted molar refractivity (Wildman–Crippen MR) is 151 cm³/mol. The average Bonchev–Trinajstić information content (AvgIpc) is 2.91. The molecular weight excluding hydrogens is 444 g/mol. The summed E-state index contributed by atoms with van der Waals surface area (Å²) in [5.74, 6) is 0. The highest BCUT2D eigenvalue weighted by atomic mass is 16.1. The van der Waals surface area contributed by atoms with E-state index in [4.69, 9.17) is 0 Å². The second-order valence-corrected chi connectivity index (χ2v) is 10.4. The molecule has 5 aromatic rings. The van der Waals surface area contributed by atoms with Crippen molar-refractivity contribution < 1.29 is 0 Å². The number of benzene rings is 3. The van der Waals surface area contributed by atoms with E-state index in [1.165, 1.54) is 51.4 Å². The van der Waals surface area contributed by atoms with Crippen LogP contribution in [0.15, 0.2) is 70.3 Å². The third-order valence-electron chi connectivity index (χ3n) is 8.08. The van der Waals surface area contributed by atoms with Gasteiger partial charge in [0.1, 0.15) is 0 Å². The van der Waals surface area contributed by atoms with E-state index in [-0.39, 0.29) is 10.9 Å². The molecule has 0 aliphatic carbocycles. The van der Waals surface area contributed by atoms with Gasteiger partial charge in [-0.15, -0.1) is 0 Å². The molecule has 0 saturated heterocycles. The maximum Gasteiger partial charge on any atom is 0.197 e. The molecule has 0 spiro atoms. The summed E-state index contributed by atoms with van der Waals surface area (Å²) in [6.07, 6.45) is 12.3. The molecule has 36 heavy (non-hydrogen) atoms. The summed E-state index contributed by atoms with van der Waals surface area (Å²) in [6.45, 7) is 1.70. The van der Waals surface area contributed by atoms with Crippen molar-refractivity contribution in [3.8, 4) is 0 Å². The molecule has 2 aliphatic rings. The average molecular weight is 479 g/mol. The number of aryl methyl sites for hydroxylation is 2. The molecule has 0 saturated carbocycles. The first-order valence-corrected chi connectivity index (χ1v) is 13.7. The number of pyridine rings is 2. The number of aromatic nitrogens is 2. The zero-order chi connectivity index (χ0) is 24.5. The van der Waals surface area contributed by atoms with E-state index in [9.17, 15) is 9.59 Å². The van der Waals surface area contributed by atoms with Gasteiger partial charge in [0.2, 0.25) is 0 Å². The largest absolute Gasteiger partial charge is 0.340 e. The summed E-state index contributed by atoms with van der Waals surface area (Å²) in [6, 6.07) is 19.9. The van der Waals surface area contributed by atoms with Crippen LogP contribution in [0.1, 0.15) is 64.2 Å². The minimum atomic E-state index is 0.0558. The Morgan fingerprint density at radius 2 is 0.778 bits per heavy atom. The molecule has 3 aromatic carbocycles. The van der Waals surface area contributed by atoms with E-state index in [2.05, 4.69) is 9.13 Å². The van der Waals surface area contributed by atoms with Crippen LogP contribution < -0.4 is 10.9 Å². The summed E-state index contributed by atoms with van der Waals surface area (Å²) in [4.78, 5) is 27.5. The quantitative estimate of drug-likeness (QED) is 0.216. The fraction of sp³-hybridized carbons (Fsp3) is 0.375. The standard InChI is InChI=1S/C32H34N2O2/c35-31-23-15-9-11-17-27(23)33-19-13-7-5-3-1-2-4-6-8-14-20-34-28-18-12-10-16-24(28)32(36)26-21-29(33)25(31)22-30(26)34/h9-12,15-18,21-22H,1-8,13-14,19-20H2. The van der Waals surface area contributed by atoms with Crippen LogP contribution in [0.25, 0.3) is 43.6 Å². The van der Waals surface area contributed by atoms with Gasteiger partial charge in [0.05, 0.1) is 22.1 Å². The summed E-state index contributed by atoms with van der Waals surface area (Å²) < 4.78 is 4.57. The zero-order valence-corrected chi connectivity index (χ0v) is 21.0. The molecule has 2 aliphatic heterocycles. The Bertz CT molecular complexity index is 1570. The summed E-state index contributed by atoms with van der Waals surface area (Å²) in [7, 11) is 0. The van der Waals surface area contributed by atoms with Gasteiger partial charge in [0.15, 0.2) is 10.9 Å². The van der Waals surface area contributed by atoms with Crippen LogP contribution in [0, 0.1) is 0 Å². The molecule has 2 aromatic heterocycles. The predicted octanol–water partition coefficient (Wildman–Crippen LogP) is 7.54. The van der Waals surface area contributed by atoms with Crippen LogP contribution >= 0.6 is 0 Å². The number of nitrogens with zero attached hydrogens (tertiary/aromatic N) is 2. The van der Waals surface area contributed by atoms with Crippen molar-refractivity contribution >= 4 is 43.6 Å². The second-order valence-electron chi connectivity index (χ2n) is 10.4. The SMILES string of the molecule is O=c1c2ccccc2n2c3cc4c(=O)c5ccccc5n(c4cc13)CCCCCCCCCCCC2. The Balaban J connectivity index is 1.67. The number of fused-ring (bicyclic) bond motifs is 13. The third-order valence-corrected chi connectivity index (χ3v) is 8.08. The van der Waals surface area contributed by atoms with Crippen molar-refractivity contribution in [3.05, 3.63) is 81.1 Å². The first kappa shape index (κ1) is 23.0. The highest BCUT2D eigenvalue weighted by Gasteiger charge is 2.16. The molecule has 184 valence electrons. The van der Waals surface area contributed by atoms with Crippen LogP contribution in [0.4, 0.5) is 0 Å². The number of hydrogen-bond donors (Lipinski definition) is 0. The lowest BCUT2D eigenvalue weighted by atomic mass is 10.0. The molecular formula is C32H34N2O2. The number of hydrogen-bond acceptors (Lipinski definition) is 2. The van der Waals surface area contributed by atoms with Crippen molar-refractivity contribution in [3.63, 3.8) is 0 Å². The van der Waals surface area contributed by atoms with Gasteiger partial charge in [0, 0.05) is 34.6 Å². The highest BCUT2D eigenvalue weighted by Crippen LogP contribution is 2.27. The molecule has 0 radical (unpaired) electrons. The summed E-state index contributed by atoms with van der Waals surface area (Å²) in [5.41, 5.74) is 3.80. The van der Waals surface area contributed by atoms with Gasteiger partial charge in [-0.2, -0.15) is 0 Å². The summed E-state index contributed by atoms with van der Waals surface area (Å²) in [5, 5.41) is 2.94. The lowest BCUT2D eigenvalue weighted by molar-refractivity contribution is 0.529. The first-order valence-electron chi connectivity index (χ1n) is 13.7. The van der Waals surface area contributed by atoms with Gasteiger partial charge in [-0.1, -0.05) is 75.6 Å². The maximum absolute atomic E-state index is 13.7. The van der Waals surface area contributed by atoms with Gasteiger partial charge >= 0.3 is 0 Å². The monoisotopic (exact) mass is 478 g/mol. The van der Waals surface area contributed by atoms with Gasteiger partial charge in [-0.3, -0.25) is 9.59 Å². The first-order chi connectivity index (χ1) is 17.7. The molecule has 0 unspecified atom stereocenters. The Kier molecular flexibility index (Phi) is 6.35. The van der Waals surface area contributed by atoms with Gasteiger partial charge in [-0.25, -0.2) is 0 Å². The van der Waals surface area contributed by atoms with Crippen LogP contribution in [0.3, 0.4) is 0 Å². The van der Waals surface area contributed by atoms with Gasteiger partial charge in [-0.05, 0) is 49.2 Å². The third kappa shape index (κ3) is 4.03. The van der Waals surface area contributed by atoms with Crippen molar-refractivity contribution in [1.82, 2.24) is 9.13 Å². The second kappa shape index (κ2) is 9.93. The van der Waals surface area contributed by atoms with E-state index in [0.29, 0.717) is 10.8 Å². The van der Waals surface area contributed by atoms with Crippen molar-refractivity contribution in [2.45, 2.75) is 77.3 Å². The maximum atomic E-state index is 13.7. The molecule has 4 heterocycles. The van der Waals surface area contributed by atoms with E-state index in [1.807, 2.05) is 60.7 Å². The van der Waals surface area contributed by atoms with Gasteiger partial charge in [0.25, 0.3) is 0 Å². The number of rotatable bonds is 0. The fourth-order valence-electron chi connectivity index (χ4n) is 6.17. The van der Waals surface area contributed by atoms with E-state index in [1.54, 1.807) is 0 Å². The molecule has 0 atom stereocenters. The van der Waals surface area contributed by atoms with E-state index < -0.39 is 0 Å². The number of para-hydroxylation sites is 2. The lowest BCUT2D eigenvalue weighted by Crippen LogP contribution is -2.16. The zero-order valence-electron chi connectivity index (χ0n) is 21.0. The molecule has 4 heteroatoms. The minimum absolute atomic E-state index is 0.0558. The van der Waals surface area contributed by atoms with Crippen molar-refractivity contribution in [2.75, 3.05) is 0 Å². The topological polar surface area (TPSA) is 44.0 Å². The Morgan fingerprint density at radius 3 is 1.19 bits per heavy atom. The highest BCUT2D eigenvalue weighted by molar-refractivity contribution is 6.03. The van der Waals surface area contributed by atoms with E-state index in [0.717, 1.165) is 58.8 Å². The Morgan fingerprint density at radius 1 is 0.417 bits per heavy atom. The van der Waals surface area contributed by atoms with Crippen LogP contribution in [-0.2, 0) is 13.1 Å². The Hall–Kier alpha value is -3.40.